The second-order valence-electron chi connectivity index (χ2n) is 7.34. The molecule has 3 aromatic rings. The lowest BCUT2D eigenvalue weighted by molar-refractivity contribution is -0.121. The van der Waals surface area contributed by atoms with Crippen LogP contribution in [0.3, 0.4) is 0 Å². The largest absolute Gasteiger partial charge is 0.338 e. The molecule has 2 heterocycles. The minimum Gasteiger partial charge on any atom is -0.338 e. The number of amides is 2. The summed E-state index contributed by atoms with van der Waals surface area (Å²) < 4.78 is 1.55. The van der Waals surface area contributed by atoms with E-state index in [1.807, 2.05) is 25.1 Å². The highest BCUT2D eigenvalue weighted by Crippen LogP contribution is 2.23. The fourth-order valence-corrected chi connectivity index (χ4v) is 3.73. The summed E-state index contributed by atoms with van der Waals surface area (Å²) in [5.74, 6) is -0.455. The van der Waals surface area contributed by atoms with Gasteiger partial charge in [-0.2, -0.15) is 0 Å². The molecule has 4 rings (SSSR count). The highest BCUT2D eigenvalue weighted by molar-refractivity contribution is 6.30. The number of tetrazole rings is 1. The number of aromatic nitrogens is 4. The van der Waals surface area contributed by atoms with E-state index in [0.29, 0.717) is 29.4 Å². The van der Waals surface area contributed by atoms with Crippen molar-refractivity contribution < 1.29 is 9.59 Å². The van der Waals surface area contributed by atoms with Crippen LogP contribution in [0, 0.1) is 12.8 Å². The standard InChI is InChI=1S/C21H21ClN6O2/c1-14-4-9-18(11-19(14)28-13-23-25-26-28)24-20(29)16-3-2-10-27(12-16)21(30)15-5-7-17(22)8-6-15/h4-9,11,13,16H,2-3,10,12H2,1H3,(H,24,29). The third kappa shape index (κ3) is 4.33. The number of piperidine rings is 1. The number of nitrogens with zero attached hydrogens (tertiary/aromatic N) is 5. The summed E-state index contributed by atoms with van der Waals surface area (Å²) in [6.07, 6.45) is 3.03. The van der Waals surface area contributed by atoms with Gasteiger partial charge in [0.25, 0.3) is 5.91 Å². The normalized spacial score (nSPS) is 16.3. The van der Waals surface area contributed by atoms with E-state index in [2.05, 4.69) is 20.8 Å². The molecule has 8 nitrogen and oxygen atoms in total. The van der Waals surface area contributed by atoms with Crippen molar-refractivity contribution in [3.63, 3.8) is 0 Å². The van der Waals surface area contributed by atoms with Gasteiger partial charge in [-0.3, -0.25) is 9.59 Å². The van der Waals surface area contributed by atoms with Crippen LogP contribution in [0.5, 0.6) is 0 Å². The summed E-state index contributed by atoms with van der Waals surface area (Å²) in [7, 11) is 0. The van der Waals surface area contributed by atoms with Crippen molar-refractivity contribution in [1.29, 1.82) is 0 Å². The first-order valence-electron chi connectivity index (χ1n) is 9.71. The third-order valence-electron chi connectivity index (χ3n) is 5.24. The van der Waals surface area contributed by atoms with Crippen LogP contribution in [0.25, 0.3) is 5.69 Å². The molecule has 9 heteroatoms. The Kier molecular flexibility index (Phi) is 5.76. The van der Waals surface area contributed by atoms with Gasteiger partial charge in [-0.05, 0) is 72.2 Å². The van der Waals surface area contributed by atoms with Crippen molar-refractivity contribution >= 4 is 29.1 Å². The molecule has 0 spiro atoms. The molecule has 1 aliphatic heterocycles. The third-order valence-corrected chi connectivity index (χ3v) is 5.50. The quantitative estimate of drug-likeness (QED) is 0.694. The number of likely N-dealkylation sites (tertiary alicyclic amines) is 1. The topological polar surface area (TPSA) is 93.0 Å². The highest BCUT2D eigenvalue weighted by atomic mass is 35.5. The zero-order chi connectivity index (χ0) is 21.1. The number of halogens is 1. The molecular formula is C21H21ClN6O2. The van der Waals surface area contributed by atoms with Crippen molar-refractivity contribution in [3.05, 3.63) is 64.9 Å². The van der Waals surface area contributed by atoms with E-state index in [0.717, 1.165) is 24.1 Å². The molecule has 1 saturated heterocycles. The first-order chi connectivity index (χ1) is 14.5. The van der Waals surface area contributed by atoms with E-state index in [4.69, 9.17) is 11.6 Å². The first-order valence-corrected chi connectivity index (χ1v) is 10.1. The molecule has 0 aliphatic carbocycles. The Balaban J connectivity index is 1.44. The smallest absolute Gasteiger partial charge is 0.253 e. The fraction of sp³-hybridized carbons (Fsp3) is 0.286. The monoisotopic (exact) mass is 424 g/mol. The van der Waals surface area contributed by atoms with Crippen LogP contribution in [0.2, 0.25) is 5.02 Å². The van der Waals surface area contributed by atoms with Crippen LogP contribution >= 0.6 is 11.6 Å². The molecule has 0 saturated carbocycles. The number of anilines is 1. The van der Waals surface area contributed by atoms with E-state index in [-0.39, 0.29) is 17.7 Å². The van der Waals surface area contributed by atoms with Gasteiger partial charge in [0, 0.05) is 29.4 Å². The summed E-state index contributed by atoms with van der Waals surface area (Å²) in [5, 5.41) is 14.8. The first kappa shape index (κ1) is 20.0. The minimum atomic E-state index is -0.271. The van der Waals surface area contributed by atoms with Crippen molar-refractivity contribution in [2.45, 2.75) is 19.8 Å². The number of carbonyl (C=O) groups is 2. The van der Waals surface area contributed by atoms with E-state index < -0.39 is 0 Å². The van der Waals surface area contributed by atoms with Crippen molar-refractivity contribution in [3.8, 4) is 5.69 Å². The number of carbonyl (C=O) groups excluding carboxylic acids is 2. The van der Waals surface area contributed by atoms with Gasteiger partial charge in [0.15, 0.2) is 0 Å². The van der Waals surface area contributed by atoms with Gasteiger partial charge in [-0.25, -0.2) is 4.68 Å². The fourth-order valence-electron chi connectivity index (χ4n) is 3.60. The van der Waals surface area contributed by atoms with Crippen LogP contribution in [0.4, 0.5) is 5.69 Å². The van der Waals surface area contributed by atoms with Gasteiger partial charge in [0.1, 0.15) is 6.33 Å². The Morgan fingerprint density at radius 3 is 2.70 bits per heavy atom. The number of nitrogens with one attached hydrogen (secondary N) is 1. The second-order valence-corrected chi connectivity index (χ2v) is 7.78. The number of benzene rings is 2. The summed E-state index contributed by atoms with van der Waals surface area (Å²) in [6.45, 7) is 2.97. The van der Waals surface area contributed by atoms with Crippen molar-refractivity contribution in [1.82, 2.24) is 25.1 Å². The Bertz CT molecular complexity index is 1050. The molecule has 1 aromatic heterocycles. The van der Waals surface area contributed by atoms with E-state index in [9.17, 15) is 9.59 Å². The number of aryl methyl sites for hydroxylation is 1. The molecular weight excluding hydrogens is 404 g/mol. The summed E-state index contributed by atoms with van der Waals surface area (Å²) in [6, 6.07) is 12.4. The van der Waals surface area contributed by atoms with Gasteiger partial charge in [-0.1, -0.05) is 17.7 Å². The zero-order valence-electron chi connectivity index (χ0n) is 16.5. The lowest BCUT2D eigenvalue weighted by Crippen LogP contribution is -2.43. The molecule has 1 atom stereocenters. The van der Waals surface area contributed by atoms with Gasteiger partial charge in [0.2, 0.25) is 5.91 Å². The predicted molar refractivity (Wildman–Crippen MR) is 113 cm³/mol. The summed E-state index contributed by atoms with van der Waals surface area (Å²) in [5.41, 5.74) is 3.01. The Morgan fingerprint density at radius 1 is 1.17 bits per heavy atom. The lowest BCUT2D eigenvalue weighted by atomic mass is 9.96. The SMILES string of the molecule is Cc1ccc(NC(=O)C2CCCN(C(=O)c3ccc(Cl)cc3)C2)cc1-n1cnnn1. The van der Waals surface area contributed by atoms with Gasteiger partial charge >= 0.3 is 0 Å². The Morgan fingerprint density at radius 2 is 1.97 bits per heavy atom. The molecule has 1 aliphatic rings. The second kappa shape index (κ2) is 8.62. The number of hydrogen-bond acceptors (Lipinski definition) is 5. The molecule has 30 heavy (non-hydrogen) atoms. The molecule has 1 N–H and O–H groups in total. The van der Waals surface area contributed by atoms with E-state index in [1.54, 1.807) is 33.8 Å². The maximum absolute atomic E-state index is 12.9. The average molecular weight is 425 g/mol. The lowest BCUT2D eigenvalue weighted by Gasteiger charge is -2.32. The van der Waals surface area contributed by atoms with Gasteiger partial charge in [0.05, 0.1) is 11.6 Å². The van der Waals surface area contributed by atoms with Crippen LogP contribution in [-0.2, 0) is 4.79 Å². The molecule has 1 fully saturated rings. The maximum Gasteiger partial charge on any atom is 0.253 e. The van der Waals surface area contributed by atoms with E-state index in [1.165, 1.54) is 6.33 Å². The highest BCUT2D eigenvalue weighted by Gasteiger charge is 2.29. The molecule has 2 amide bonds. The molecule has 2 aromatic carbocycles. The van der Waals surface area contributed by atoms with Crippen LogP contribution in [0.15, 0.2) is 48.8 Å². The van der Waals surface area contributed by atoms with Gasteiger partial charge in [-0.15, -0.1) is 5.10 Å². The summed E-state index contributed by atoms with van der Waals surface area (Å²) >= 11 is 5.91. The average Bonchev–Trinajstić information content (AvgIpc) is 3.30. The number of rotatable bonds is 4. The van der Waals surface area contributed by atoms with E-state index >= 15 is 0 Å². The predicted octanol–water partition coefficient (Wildman–Crippen LogP) is 3.12. The van der Waals surface area contributed by atoms with Crippen molar-refractivity contribution in [2.24, 2.45) is 5.92 Å². The molecule has 154 valence electrons. The van der Waals surface area contributed by atoms with Gasteiger partial charge < -0.3 is 10.2 Å². The van der Waals surface area contributed by atoms with Crippen LogP contribution in [0.1, 0.15) is 28.8 Å². The number of hydrogen-bond donors (Lipinski definition) is 1. The summed E-state index contributed by atoms with van der Waals surface area (Å²) in [4.78, 5) is 27.4. The zero-order valence-corrected chi connectivity index (χ0v) is 17.2. The Hall–Kier alpha value is -3.26. The minimum absolute atomic E-state index is 0.0829. The van der Waals surface area contributed by atoms with Crippen LogP contribution in [-0.4, -0.2) is 50.0 Å². The van der Waals surface area contributed by atoms with Crippen LogP contribution < -0.4 is 5.32 Å². The molecule has 0 bridgehead atoms. The molecule has 1 unspecified atom stereocenters. The molecule has 0 radical (unpaired) electrons. The maximum atomic E-state index is 12.9. The van der Waals surface area contributed by atoms with Crippen molar-refractivity contribution in [2.75, 3.05) is 18.4 Å². The Labute approximate surface area is 178 Å².